The van der Waals surface area contributed by atoms with Crippen LogP contribution in [0.3, 0.4) is 0 Å². The molecular weight excluding hydrogens is 522 g/mol. The molecule has 1 aromatic carbocycles. The smallest absolute Gasteiger partial charge is 0.407 e. The van der Waals surface area contributed by atoms with Crippen LogP contribution in [0.25, 0.3) is 10.3 Å². The number of hydrogen-bond donors (Lipinski definition) is 2. The molecular formula is C27H30ClN7O2S. The number of nitrogens with zero attached hydrogens (tertiary/aromatic N) is 6. The Hall–Kier alpha value is -3.47. The maximum absolute atomic E-state index is 11.1. The van der Waals surface area contributed by atoms with Gasteiger partial charge in [0.1, 0.15) is 22.0 Å². The van der Waals surface area contributed by atoms with Crippen molar-refractivity contribution in [3.8, 4) is 0 Å². The second-order valence-corrected chi connectivity index (χ2v) is 10.6. The van der Waals surface area contributed by atoms with E-state index in [-0.39, 0.29) is 0 Å². The van der Waals surface area contributed by atoms with Crippen LogP contribution in [0.4, 0.5) is 21.6 Å². The summed E-state index contributed by atoms with van der Waals surface area (Å²) in [4.78, 5) is 32.1. The number of halogens is 1. The Labute approximate surface area is 230 Å². The minimum atomic E-state index is -0.849. The molecule has 2 N–H and O–H groups in total. The molecule has 1 saturated heterocycles. The van der Waals surface area contributed by atoms with Gasteiger partial charge >= 0.3 is 6.09 Å². The van der Waals surface area contributed by atoms with Gasteiger partial charge in [-0.15, -0.1) is 0 Å². The second kappa shape index (κ2) is 11.9. The van der Waals surface area contributed by atoms with Gasteiger partial charge in [0.25, 0.3) is 0 Å². The number of benzene rings is 1. The zero-order valence-electron chi connectivity index (χ0n) is 21.2. The summed E-state index contributed by atoms with van der Waals surface area (Å²) >= 11 is 7.52. The Bertz CT molecular complexity index is 1390. The number of rotatable bonds is 9. The second-order valence-electron chi connectivity index (χ2n) is 9.19. The average Bonchev–Trinajstić information content (AvgIpc) is 3.32. The third kappa shape index (κ3) is 6.50. The molecule has 4 aromatic rings. The highest BCUT2D eigenvalue weighted by Gasteiger charge is 2.20. The van der Waals surface area contributed by atoms with Crippen LogP contribution in [0.2, 0.25) is 5.02 Å². The van der Waals surface area contributed by atoms with E-state index in [4.69, 9.17) is 26.7 Å². The van der Waals surface area contributed by atoms with Gasteiger partial charge in [0, 0.05) is 57.0 Å². The number of anilines is 3. The fourth-order valence-electron chi connectivity index (χ4n) is 4.49. The molecule has 0 spiro atoms. The lowest BCUT2D eigenvalue weighted by Crippen LogP contribution is -2.47. The van der Waals surface area contributed by atoms with Gasteiger partial charge in [-0.25, -0.2) is 19.7 Å². The molecule has 0 bridgehead atoms. The molecule has 4 heterocycles. The van der Waals surface area contributed by atoms with Crippen LogP contribution in [0, 0.1) is 0 Å². The number of carboxylic acid groups (broad SMARTS) is 1. The number of nitrogens with one attached hydrogen (secondary N) is 1. The molecule has 38 heavy (non-hydrogen) atoms. The zero-order valence-corrected chi connectivity index (χ0v) is 22.8. The third-order valence-corrected chi connectivity index (χ3v) is 7.77. The standard InChI is InChI=1S/C27H30ClN7O2S/c1-2-34(12-10-19-3-5-21(28)6-4-19)24-8-7-22-25(32-24)38-26(30-22)31-23-17-20(9-11-29-23)18-33-13-15-35(16-14-33)27(36)37/h3-9,11,17H,2,10,12-16,18H2,1H3,(H,36,37)(H,29,30,31). The fraction of sp³-hybridized carbons (Fsp3) is 0.333. The number of aromatic nitrogens is 3. The molecule has 5 rings (SSSR count). The Morgan fingerprint density at radius 3 is 2.61 bits per heavy atom. The molecule has 0 radical (unpaired) electrons. The van der Waals surface area contributed by atoms with E-state index in [9.17, 15) is 4.79 Å². The van der Waals surface area contributed by atoms with Gasteiger partial charge in [-0.3, -0.25) is 4.90 Å². The number of amides is 1. The van der Waals surface area contributed by atoms with E-state index >= 15 is 0 Å². The van der Waals surface area contributed by atoms with E-state index in [1.807, 2.05) is 36.4 Å². The van der Waals surface area contributed by atoms with Crippen molar-refractivity contribution >= 4 is 56.1 Å². The van der Waals surface area contributed by atoms with Crippen LogP contribution in [-0.4, -0.2) is 75.2 Å². The molecule has 198 valence electrons. The summed E-state index contributed by atoms with van der Waals surface area (Å²) in [6.07, 6.45) is 1.85. The van der Waals surface area contributed by atoms with Crippen molar-refractivity contribution < 1.29 is 9.90 Å². The molecule has 1 aliphatic rings. The van der Waals surface area contributed by atoms with E-state index in [0.717, 1.165) is 76.8 Å². The molecule has 0 unspecified atom stereocenters. The van der Waals surface area contributed by atoms with Gasteiger partial charge in [0.15, 0.2) is 5.13 Å². The van der Waals surface area contributed by atoms with Crippen molar-refractivity contribution in [2.24, 2.45) is 0 Å². The van der Waals surface area contributed by atoms with Crippen LogP contribution < -0.4 is 10.2 Å². The molecule has 3 aromatic heterocycles. The predicted octanol–water partition coefficient (Wildman–Crippen LogP) is 5.35. The summed E-state index contributed by atoms with van der Waals surface area (Å²) < 4.78 is 0. The first-order valence-electron chi connectivity index (χ1n) is 12.7. The molecule has 11 heteroatoms. The van der Waals surface area contributed by atoms with E-state index in [1.54, 1.807) is 6.20 Å². The van der Waals surface area contributed by atoms with Crippen LogP contribution in [0.15, 0.2) is 54.7 Å². The first kappa shape index (κ1) is 26.1. The zero-order chi connectivity index (χ0) is 26.5. The summed E-state index contributed by atoms with van der Waals surface area (Å²) in [5.74, 6) is 1.66. The summed E-state index contributed by atoms with van der Waals surface area (Å²) in [6, 6.07) is 16.0. The average molecular weight is 552 g/mol. The number of pyridine rings is 2. The first-order chi connectivity index (χ1) is 18.5. The Balaban J connectivity index is 1.22. The number of thiazole rings is 1. The minimum absolute atomic E-state index is 0.531. The fourth-order valence-corrected chi connectivity index (χ4v) is 5.46. The molecule has 0 aliphatic carbocycles. The first-order valence-corrected chi connectivity index (χ1v) is 13.9. The summed E-state index contributed by atoms with van der Waals surface area (Å²) in [5, 5.41) is 14.0. The normalized spacial score (nSPS) is 14.1. The predicted molar refractivity (Wildman–Crippen MR) is 153 cm³/mol. The molecule has 0 saturated carbocycles. The van der Waals surface area contributed by atoms with Gasteiger partial charge in [-0.1, -0.05) is 35.1 Å². The Morgan fingerprint density at radius 1 is 1.08 bits per heavy atom. The van der Waals surface area contributed by atoms with E-state index < -0.39 is 6.09 Å². The lowest BCUT2D eigenvalue weighted by molar-refractivity contribution is 0.103. The molecule has 1 fully saturated rings. The van der Waals surface area contributed by atoms with Crippen molar-refractivity contribution in [1.29, 1.82) is 0 Å². The van der Waals surface area contributed by atoms with Gasteiger partial charge in [0.05, 0.1) is 0 Å². The number of piperazine rings is 1. The SMILES string of the molecule is CCN(CCc1ccc(Cl)cc1)c1ccc2nc(Nc3cc(CN4CCN(C(=O)O)CC4)ccn3)sc2n1. The van der Waals surface area contributed by atoms with Crippen LogP contribution in [0.5, 0.6) is 0 Å². The Morgan fingerprint density at radius 2 is 1.87 bits per heavy atom. The highest BCUT2D eigenvalue weighted by atomic mass is 35.5. The maximum Gasteiger partial charge on any atom is 0.407 e. The Kier molecular flexibility index (Phi) is 8.21. The van der Waals surface area contributed by atoms with Crippen LogP contribution in [-0.2, 0) is 13.0 Å². The highest BCUT2D eigenvalue weighted by Crippen LogP contribution is 2.29. The van der Waals surface area contributed by atoms with Gasteiger partial charge in [-0.2, -0.15) is 0 Å². The third-order valence-electron chi connectivity index (χ3n) is 6.64. The molecule has 1 aliphatic heterocycles. The summed E-state index contributed by atoms with van der Waals surface area (Å²) in [5.41, 5.74) is 3.21. The minimum Gasteiger partial charge on any atom is -0.465 e. The summed E-state index contributed by atoms with van der Waals surface area (Å²) in [6.45, 7) is 7.11. The maximum atomic E-state index is 11.1. The van der Waals surface area contributed by atoms with E-state index in [1.165, 1.54) is 21.8 Å². The van der Waals surface area contributed by atoms with E-state index in [2.05, 4.69) is 39.2 Å². The van der Waals surface area contributed by atoms with Gasteiger partial charge in [-0.05, 0) is 60.9 Å². The van der Waals surface area contributed by atoms with Gasteiger partial charge in [0.2, 0.25) is 0 Å². The number of carbonyl (C=O) groups is 1. The molecule has 9 nitrogen and oxygen atoms in total. The number of hydrogen-bond acceptors (Lipinski definition) is 8. The van der Waals surface area contributed by atoms with E-state index in [0.29, 0.717) is 13.1 Å². The quantitative estimate of drug-likeness (QED) is 0.287. The summed E-state index contributed by atoms with van der Waals surface area (Å²) in [7, 11) is 0. The van der Waals surface area contributed by atoms with Crippen molar-refractivity contribution in [3.63, 3.8) is 0 Å². The van der Waals surface area contributed by atoms with Gasteiger partial charge < -0.3 is 20.2 Å². The highest BCUT2D eigenvalue weighted by molar-refractivity contribution is 7.21. The lowest BCUT2D eigenvalue weighted by atomic mass is 10.1. The monoisotopic (exact) mass is 551 g/mol. The van der Waals surface area contributed by atoms with Crippen molar-refractivity contribution in [1.82, 2.24) is 24.8 Å². The molecule has 1 amide bonds. The number of likely N-dealkylation sites (N-methyl/N-ethyl adjacent to an activating group) is 1. The topological polar surface area (TPSA) is 97.7 Å². The van der Waals surface area contributed by atoms with Crippen LogP contribution in [0.1, 0.15) is 18.1 Å². The van der Waals surface area contributed by atoms with Crippen molar-refractivity contribution in [2.75, 3.05) is 49.5 Å². The lowest BCUT2D eigenvalue weighted by Gasteiger charge is -2.33. The molecule has 0 atom stereocenters. The number of fused-ring (bicyclic) bond motifs is 1. The van der Waals surface area contributed by atoms with Crippen LogP contribution >= 0.6 is 22.9 Å². The van der Waals surface area contributed by atoms with Crippen molar-refractivity contribution in [2.45, 2.75) is 19.9 Å². The largest absolute Gasteiger partial charge is 0.465 e. The van der Waals surface area contributed by atoms with Crippen molar-refractivity contribution in [3.05, 3.63) is 70.9 Å².